The highest BCUT2D eigenvalue weighted by molar-refractivity contribution is 7.13. The predicted molar refractivity (Wildman–Crippen MR) is 90.3 cm³/mol. The number of carbonyl (C=O) groups is 1. The van der Waals surface area contributed by atoms with Crippen molar-refractivity contribution in [3.63, 3.8) is 0 Å². The highest BCUT2D eigenvalue weighted by Crippen LogP contribution is 2.21. The van der Waals surface area contributed by atoms with Crippen molar-refractivity contribution < 1.29 is 4.79 Å². The molecule has 0 aliphatic carbocycles. The van der Waals surface area contributed by atoms with E-state index in [9.17, 15) is 4.79 Å². The fraction of sp³-hybridized carbons (Fsp3) is 0.133. The molecule has 1 aromatic carbocycles. The molecule has 2 N–H and O–H groups in total. The predicted octanol–water partition coefficient (Wildman–Crippen LogP) is 3.90. The van der Waals surface area contributed by atoms with Crippen LogP contribution in [0, 0.1) is 6.92 Å². The van der Waals surface area contributed by atoms with E-state index in [0.29, 0.717) is 11.7 Å². The molecule has 0 radical (unpaired) electrons. The van der Waals surface area contributed by atoms with Crippen molar-refractivity contribution in [3.05, 3.63) is 51.8 Å². The second-order valence-corrected chi connectivity index (χ2v) is 6.39. The molecule has 0 unspecified atom stereocenters. The Balaban J connectivity index is 1.56. The van der Waals surface area contributed by atoms with E-state index in [0.717, 1.165) is 22.0 Å². The summed E-state index contributed by atoms with van der Waals surface area (Å²) >= 11 is 2.94. The first kappa shape index (κ1) is 14.7. The van der Waals surface area contributed by atoms with Gasteiger partial charge in [-0.15, -0.1) is 22.7 Å². The Morgan fingerprint density at radius 2 is 1.95 bits per heavy atom. The zero-order chi connectivity index (χ0) is 15.4. The minimum atomic E-state index is -0.272. The summed E-state index contributed by atoms with van der Waals surface area (Å²) in [5, 5.41) is 10.8. The smallest absolute Gasteiger partial charge is 0.321 e. The van der Waals surface area contributed by atoms with E-state index in [1.165, 1.54) is 22.7 Å². The Hall–Kier alpha value is -2.25. The number of benzene rings is 1. The lowest BCUT2D eigenvalue weighted by atomic mass is 10.2. The van der Waals surface area contributed by atoms with Crippen molar-refractivity contribution in [1.82, 2.24) is 15.3 Å². The van der Waals surface area contributed by atoms with Crippen LogP contribution in [0.4, 0.5) is 9.93 Å². The average molecular weight is 330 g/mol. The standard InChI is InChI=1S/C15H14N4OS2/c1-10-8-22-15(17-10)19-14(20)16-7-13-18-12(9-21-13)11-5-3-2-4-6-11/h2-6,8-9H,7H2,1H3,(H2,16,17,19,20). The van der Waals surface area contributed by atoms with Crippen LogP contribution in [0.5, 0.6) is 0 Å². The summed E-state index contributed by atoms with van der Waals surface area (Å²) < 4.78 is 0. The summed E-state index contributed by atoms with van der Waals surface area (Å²) in [5.41, 5.74) is 2.90. The third-order valence-electron chi connectivity index (χ3n) is 2.86. The van der Waals surface area contributed by atoms with Crippen LogP contribution in [0.25, 0.3) is 11.3 Å². The van der Waals surface area contributed by atoms with E-state index < -0.39 is 0 Å². The molecular formula is C15H14N4OS2. The summed E-state index contributed by atoms with van der Waals surface area (Å²) in [6.45, 7) is 2.29. The molecule has 0 atom stereocenters. The van der Waals surface area contributed by atoms with Crippen molar-refractivity contribution in [1.29, 1.82) is 0 Å². The molecule has 0 saturated heterocycles. The molecule has 0 bridgehead atoms. The quantitative estimate of drug-likeness (QED) is 0.762. The number of thiazole rings is 2. The van der Waals surface area contributed by atoms with Gasteiger partial charge in [0.2, 0.25) is 0 Å². The number of nitrogens with zero attached hydrogens (tertiary/aromatic N) is 2. The molecule has 0 spiro atoms. The van der Waals surface area contributed by atoms with Gasteiger partial charge in [-0.3, -0.25) is 5.32 Å². The zero-order valence-electron chi connectivity index (χ0n) is 11.9. The minimum Gasteiger partial charge on any atom is -0.331 e. The first-order chi connectivity index (χ1) is 10.7. The SMILES string of the molecule is Cc1csc(NC(=O)NCc2nc(-c3ccccc3)cs2)n1. The van der Waals surface area contributed by atoms with Crippen LogP contribution < -0.4 is 10.6 Å². The van der Waals surface area contributed by atoms with Gasteiger partial charge >= 0.3 is 6.03 Å². The third-order valence-corrected chi connectivity index (χ3v) is 4.59. The molecule has 5 nitrogen and oxygen atoms in total. The molecule has 2 aromatic heterocycles. The van der Waals surface area contributed by atoms with Crippen LogP contribution in [0.3, 0.4) is 0 Å². The molecule has 2 heterocycles. The second-order valence-electron chi connectivity index (χ2n) is 4.59. The number of urea groups is 1. The number of anilines is 1. The molecule has 0 aliphatic rings. The van der Waals surface area contributed by atoms with Gasteiger partial charge in [0, 0.05) is 16.3 Å². The molecule has 7 heteroatoms. The second kappa shape index (κ2) is 6.67. The third kappa shape index (κ3) is 3.69. The van der Waals surface area contributed by atoms with Gasteiger partial charge < -0.3 is 5.32 Å². The van der Waals surface area contributed by atoms with Gasteiger partial charge in [-0.1, -0.05) is 30.3 Å². The van der Waals surface area contributed by atoms with Gasteiger partial charge in [0.1, 0.15) is 5.01 Å². The molecule has 3 aromatic rings. The van der Waals surface area contributed by atoms with Crippen molar-refractivity contribution in [2.75, 3.05) is 5.32 Å². The number of aryl methyl sites for hydroxylation is 1. The molecule has 0 aliphatic heterocycles. The van der Waals surface area contributed by atoms with Crippen molar-refractivity contribution in [3.8, 4) is 11.3 Å². The largest absolute Gasteiger partial charge is 0.331 e. The molecule has 22 heavy (non-hydrogen) atoms. The number of hydrogen-bond acceptors (Lipinski definition) is 5. The minimum absolute atomic E-state index is 0.272. The summed E-state index contributed by atoms with van der Waals surface area (Å²) in [7, 11) is 0. The fourth-order valence-electron chi connectivity index (χ4n) is 1.84. The Kier molecular flexibility index (Phi) is 4.45. The average Bonchev–Trinajstić information content (AvgIpc) is 3.15. The van der Waals surface area contributed by atoms with E-state index in [4.69, 9.17) is 0 Å². The van der Waals surface area contributed by atoms with Gasteiger partial charge in [-0.05, 0) is 6.92 Å². The van der Waals surface area contributed by atoms with Gasteiger partial charge in [0.25, 0.3) is 0 Å². The van der Waals surface area contributed by atoms with Gasteiger partial charge in [-0.25, -0.2) is 14.8 Å². The number of amides is 2. The molecule has 0 fully saturated rings. The van der Waals surface area contributed by atoms with Gasteiger partial charge in [0.15, 0.2) is 5.13 Å². The number of hydrogen-bond donors (Lipinski definition) is 2. The Bertz CT molecular complexity index is 767. The van der Waals surface area contributed by atoms with E-state index in [1.807, 2.05) is 48.0 Å². The van der Waals surface area contributed by atoms with Crippen LogP contribution >= 0.6 is 22.7 Å². The topological polar surface area (TPSA) is 66.9 Å². The fourth-order valence-corrected chi connectivity index (χ4v) is 3.27. The van der Waals surface area contributed by atoms with E-state index in [-0.39, 0.29) is 6.03 Å². The normalized spacial score (nSPS) is 10.4. The van der Waals surface area contributed by atoms with Crippen LogP contribution in [0.2, 0.25) is 0 Å². The summed E-state index contributed by atoms with van der Waals surface area (Å²) in [6, 6.07) is 9.70. The maximum Gasteiger partial charge on any atom is 0.321 e. The molecule has 3 rings (SSSR count). The summed E-state index contributed by atoms with van der Waals surface area (Å²) in [6.07, 6.45) is 0. The van der Waals surface area contributed by atoms with Crippen LogP contribution in [-0.4, -0.2) is 16.0 Å². The maximum absolute atomic E-state index is 11.8. The zero-order valence-corrected chi connectivity index (χ0v) is 13.5. The number of carbonyl (C=O) groups excluding carboxylic acids is 1. The lowest BCUT2D eigenvalue weighted by Gasteiger charge is -2.03. The highest BCUT2D eigenvalue weighted by Gasteiger charge is 2.07. The molecule has 0 saturated carbocycles. The summed E-state index contributed by atoms with van der Waals surface area (Å²) in [4.78, 5) is 20.5. The Morgan fingerprint density at radius 3 is 2.68 bits per heavy atom. The molecular weight excluding hydrogens is 316 g/mol. The maximum atomic E-state index is 11.8. The first-order valence-corrected chi connectivity index (χ1v) is 8.43. The van der Waals surface area contributed by atoms with Gasteiger partial charge in [-0.2, -0.15) is 0 Å². The molecule has 2 amide bonds. The van der Waals surface area contributed by atoms with E-state index >= 15 is 0 Å². The van der Waals surface area contributed by atoms with Crippen molar-refractivity contribution in [2.24, 2.45) is 0 Å². The van der Waals surface area contributed by atoms with E-state index in [2.05, 4.69) is 20.6 Å². The van der Waals surface area contributed by atoms with Crippen LogP contribution in [-0.2, 0) is 6.54 Å². The van der Waals surface area contributed by atoms with Crippen molar-refractivity contribution >= 4 is 33.8 Å². The number of nitrogens with one attached hydrogen (secondary N) is 2. The number of aromatic nitrogens is 2. The number of rotatable bonds is 4. The summed E-state index contributed by atoms with van der Waals surface area (Å²) in [5.74, 6) is 0. The van der Waals surface area contributed by atoms with Crippen LogP contribution in [0.15, 0.2) is 41.1 Å². The highest BCUT2D eigenvalue weighted by atomic mass is 32.1. The lowest BCUT2D eigenvalue weighted by molar-refractivity contribution is 0.251. The van der Waals surface area contributed by atoms with Crippen molar-refractivity contribution in [2.45, 2.75) is 13.5 Å². The first-order valence-electron chi connectivity index (χ1n) is 6.67. The molecule has 112 valence electrons. The Labute approximate surface area is 136 Å². The van der Waals surface area contributed by atoms with E-state index in [1.54, 1.807) is 0 Å². The van der Waals surface area contributed by atoms with Gasteiger partial charge in [0.05, 0.1) is 17.9 Å². The Morgan fingerprint density at radius 1 is 1.14 bits per heavy atom. The monoisotopic (exact) mass is 330 g/mol. The van der Waals surface area contributed by atoms with Crippen LogP contribution in [0.1, 0.15) is 10.7 Å². The lowest BCUT2D eigenvalue weighted by Crippen LogP contribution is -2.28.